The molecule has 0 bridgehead atoms. The highest BCUT2D eigenvalue weighted by atomic mass is 79.9. The van der Waals surface area contributed by atoms with E-state index in [9.17, 15) is 10.1 Å². The number of pyridine rings is 1. The Morgan fingerprint density at radius 2 is 2.47 bits per heavy atom. The van der Waals surface area contributed by atoms with Crippen LogP contribution in [0, 0.1) is 10.1 Å². The largest absolute Gasteiger partial charge is 0.291 e. The molecular formula is C7H6BrN5O2. The van der Waals surface area contributed by atoms with Crippen LogP contribution in [0.2, 0.25) is 0 Å². The summed E-state index contributed by atoms with van der Waals surface area (Å²) in [7, 11) is 0. The highest BCUT2D eigenvalue weighted by molar-refractivity contribution is 9.10. The summed E-state index contributed by atoms with van der Waals surface area (Å²) < 4.78 is 0.543. The van der Waals surface area contributed by atoms with Crippen LogP contribution in [0.15, 0.2) is 21.9 Å². The van der Waals surface area contributed by atoms with Crippen LogP contribution in [0.1, 0.15) is 5.69 Å². The van der Waals surface area contributed by atoms with Crippen LogP contribution in [-0.4, -0.2) is 16.5 Å². The second kappa shape index (κ2) is 5.28. The molecule has 0 saturated heterocycles. The number of hydrogen-bond donors (Lipinski definition) is 0. The third-order valence-electron chi connectivity index (χ3n) is 1.62. The van der Waals surface area contributed by atoms with Crippen LogP contribution in [0.3, 0.4) is 0 Å². The molecule has 1 aromatic heterocycles. The Labute approximate surface area is 93.0 Å². The molecule has 1 heterocycles. The molecule has 0 atom stereocenters. The fraction of sp³-hybridized carbons (Fsp3) is 0.286. The first-order valence-corrected chi connectivity index (χ1v) is 4.74. The third-order valence-corrected chi connectivity index (χ3v) is 2.06. The minimum Gasteiger partial charge on any atom is -0.258 e. The van der Waals surface area contributed by atoms with Gasteiger partial charge in [-0.25, -0.2) is 0 Å². The Hall–Kier alpha value is -1.66. The summed E-state index contributed by atoms with van der Waals surface area (Å²) in [5.74, 6) is 0. The van der Waals surface area contributed by atoms with Gasteiger partial charge in [0.05, 0.1) is 4.92 Å². The van der Waals surface area contributed by atoms with Crippen molar-refractivity contribution < 1.29 is 4.92 Å². The SMILES string of the molecule is [N-]=[N+]=NCCc1ncc(Br)cc1[N+](=O)[O-]. The second-order valence-electron chi connectivity index (χ2n) is 2.58. The Morgan fingerprint density at radius 3 is 3.07 bits per heavy atom. The molecule has 0 aliphatic heterocycles. The van der Waals surface area contributed by atoms with Crippen LogP contribution in [0.25, 0.3) is 10.4 Å². The van der Waals surface area contributed by atoms with Crippen molar-refractivity contribution in [1.29, 1.82) is 0 Å². The molecule has 1 rings (SSSR count). The predicted octanol–water partition coefficient (Wildman–Crippen LogP) is 2.61. The number of aromatic nitrogens is 1. The zero-order valence-corrected chi connectivity index (χ0v) is 9.09. The third kappa shape index (κ3) is 3.19. The summed E-state index contributed by atoms with van der Waals surface area (Å²) in [5, 5.41) is 13.9. The Kier molecular flexibility index (Phi) is 4.02. The predicted molar refractivity (Wildman–Crippen MR) is 56.3 cm³/mol. The summed E-state index contributed by atoms with van der Waals surface area (Å²) in [4.78, 5) is 16.6. The van der Waals surface area contributed by atoms with Crippen LogP contribution >= 0.6 is 15.9 Å². The van der Waals surface area contributed by atoms with E-state index >= 15 is 0 Å². The van der Waals surface area contributed by atoms with Gasteiger partial charge in [0, 0.05) is 34.6 Å². The molecule has 15 heavy (non-hydrogen) atoms. The fourth-order valence-corrected chi connectivity index (χ4v) is 1.33. The zero-order chi connectivity index (χ0) is 11.3. The summed E-state index contributed by atoms with van der Waals surface area (Å²) >= 11 is 3.10. The average molecular weight is 272 g/mol. The van der Waals surface area contributed by atoms with Crippen molar-refractivity contribution in [3.05, 3.63) is 43.0 Å². The summed E-state index contributed by atoms with van der Waals surface area (Å²) in [6.45, 7) is 0.159. The van der Waals surface area contributed by atoms with Gasteiger partial charge in [0.1, 0.15) is 5.69 Å². The van der Waals surface area contributed by atoms with Gasteiger partial charge >= 0.3 is 0 Å². The Bertz CT molecular complexity index is 429. The van der Waals surface area contributed by atoms with E-state index in [2.05, 4.69) is 30.9 Å². The lowest BCUT2D eigenvalue weighted by atomic mass is 10.2. The standard InChI is InChI=1S/C7H6BrN5O2/c8-5-3-7(13(14)15)6(10-4-5)1-2-11-12-9/h3-4H,1-2H2. The van der Waals surface area contributed by atoms with Gasteiger partial charge in [0.2, 0.25) is 0 Å². The van der Waals surface area contributed by atoms with Gasteiger partial charge in [0.25, 0.3) is 5.69 Å². The maximum Gasteiger partial charge on any atom is 0.291 e. The van der Waals surface area contributed by atoms with Crippen molar-refractivity contribution in [3.63, 3.8) is 0 Å². The minimum absolute atomic E-state index is 0.0717. The van der Waals surface area contributed by atoms with Crippen LogP contribution in [0.4, 0.5) is 5.69 Å². The average Bonchev–Trinajstić information content (AvgIpc) is 2.20. The molecule has 0 aromatic carbocycles. The van der Waals surface area contributed by atoms with Gasteiger partial charge in [-0.15, -0.1) is 0 Å². The molecule has 1 aromatic rings. The molecule has 0 N–H and O–H groups in total. The molecule has 7 nitrogen and oxygen atoms in total. The summed E-state index contributed by atoms with van der Waals surface area (Å²) in [6.07, 6.45) is 1.73. The van der Waals surface area contributed by atoms with Crippen molar-refractivity contribution in [2.45, 2.75) is 6.42 Å². The van der Waals surface area contributed by atoms with Gasteiger partial charge < -0.3 is 0 Å². The topological polar surface area (TPSA) is 105 Å². The first kappa shape index (κ1) is 11.4. The van der Waals surface area contributed by atoms with Crippen molar-refractivity contribution in [2.24, 2.45) is 5.11 Å². The minimum atomic E-state index is -0.511. The molecule has 0 spiro atoms. The smallest absolute Gasteiger partial charge is 0.258 e. The van der Waals surface area contributed by atoms with E-state index in [4.69, 9.17) is 5.53 Å². The highest BCUT2D eigenvalue weighted by Crippen LogP contribution is 2.21. The Balaban J connectivity index is 2.95. The fourth-order valence-electron chi connectivity index (χ4n) is 1.01. The van der Waals surface area contributed by atoms with E-state index in [-0.39, 0.29) is 18.7 Å². The molecule has 0 unspecified atom stereocenters. The first-order valence-electron chi connectivity index (χ1n) is 3.95. The normalized spacial score (nSPS) is 9.40. The summed E-state index contributed by atoms with van der Waals surface area (Å²) in [6, 6.07) is 1.37. The molecule has 8 heteroatoms. The lowest BCUT2D eigenvalue weighted by Gasteiger charge is -1.99. The monoisotopic (exact) mass is 271 g/mol. The molecule has 0 aliphatic carbocycles. The summed E-state index contributed by atoms with van der Waals surface area (Å²) in [5.41, 5.74) is 8.31. The van der Waals surface area contributed by atoms with Crippen molar-refractivity contribution >= 4 is 21.6 Å². The number of nitrogens with zero attached hydrogens (tertiary/aromatic N) is 5. The van der Waals surface area contributed by atoms with Crippen LogP contribution in [0.5, 0.6) is 0 Å². The second-order valence-corrected chi connectivity index (χ2v) is 3.50. The highest BCUT2D eigenvalue weighted by Gasteiger charge is 2.14. The molecule has 0 saturated carbocycles. The lowest BCUT2D eigenvalue weighted by molar-refractivity contribution is -0.386. The first-order chi connectivity index (χ1) is 7.15. The molecule has 78 valence electrons. The van der Waals surface area contributed by atoms with E-state index < -0.39 is 4.92 Å². The maximum atomic E-state index is 10.6. The Morgan fingerprint density at radius 1 is 1.73 bits per heavy atom. The van der Waals surface area contributed by atoms with Crippen molar-refractivity contribution in [3.8, 4) is 0 Å². The molecule has 0 radical (unpaired) electrons. The van der Waals surface area contributed by atoms with E-state index in [1.54, 1.807) is 0 Å². The zero-order valence-electron chi connectivity index (χ0n) is 7.50. The van der Waals surface area contributed by atoms with E-state index in [0.717, 1.165) is 0 Å². The molecule has 0 fully saturated rings. The van der Waals surface area contributed by atoms with Crippen molar-refractivity contribution in [2.75, 3.05) is 6.54 Å². The number of halogens is 1. The van der Waals surface area contributed by atoms with Crippen LogP contribution < -0.4 is 0 Å². The van der Waals surface area contributed by atoms with E-state index in [0.29, 0.717) is 10.2 Å². The number of nitro groups is 1. The molecular weight excluding hydrogens is 266 g/mol. The molecule has 0 aliphatic rings. The quantitative estimate of drug-likeness (QED) is 0.276. The van der Waals surface area contributed by atoms with Crippen molar-refractivity contribution in [1.82, 2.24) is 4.98 Å². The van der Waals surface area contributed by atoms with Gasteiger partial charge in [-0.1, -0.05) is 5.11 Å². The van der Waals surface area contributed by atoms with Crippen LogP contribution in [-0.2, 0) is 6.42 Å². The van der Waals surface area contributed by atoms with Gasteiger partial charge in [-0.05, 0) is 21.5 Å². The van der Waals surface area contributed by atoms with Gasteiger partial charge in [-0.2, -0.15) is 0 Å². The number of azide groups is 1. The van der Waals surface area contributed by atoms with E-state index in [1.807, 2.05) is 0 Å². The lowest BCUT2D eigenvalue weighted by Crippen LogP contribution is -2.00. The number of hydrogen-bond acceptors (Lipinski definition) is 4. The van der Waals surface area contributed by atoms with Gasteiger partial charge in [0.15, 0.2) is 0 Å². The van der Waals surface area contributed by atoms with E-state index in [1.165, 1.54) is 12.3 Å². The molecule has 0 amide bonds. The van der Waals surface area contributed by atoms with Gasteiger partial charge in [-0.3, -0.25) is 15.1 Å². The maximum absolute atomic E-state index is 10.6. The number of rotatable bonds is 4.